The highest BCUT2D eigenvalue weighted by atomic mass is 16.2. The number of aryl methyl sites for hydroxylation is 2. The van der Waals surface area contributed by atoms with Gasteiger partial charge < -0.3 is 10.2 Å². The second kappa shape index (κ2) is 6.73. The van der Waals surface area contributed by atoms with Crippen LogP contribution in [0.15, 0.2) is 18.2 Å². The maximum absolute atomic E-state index is 12.6. The van der Waals surface area contributed by atoms with Crippen molar-refractivity contribution in [3.05, 3.63) is 29.3 Å². The molecule has 4 nitrogen and oxygen atoms in total. The van der Waals surface area contributed by atoms with Crippen LogP contribution in [-0.4, -0.2) is 24.4 Å². The van der Waals surface area contributed by atoms with Gasteiger partial charge in [0.25, 0.3) is 0 Å². The van der Waals surface area contributed by atoms with E-state index in [0.717, 1.165) is 31.4 Å². The van der Waals surface area contributed by atoms with Crippen molar-refractivity contribution in [2.24, 2.45) is 5.92 Å². The zero-order valence-electron chi connectivity index (χ0n) is 14.1. The molecule has 0 radical (unpaired) electrons. The minimum atomic E-state index is -0.356. The van der Waals surface area contributed by atoms with Crippen molar-refractivity contribution in [2.75, 3.05) is 11.4 Å². The molecule has 1 aromatic carbocycles. The van der Waals surface area contributed by atoms with Crippen LogP contribution in [0.3, 0.4) is 0 Å². The summed E-state index contributed by atoms with van der Waals surface area (Å²) in [6.07, 6.45) is 6.12. The third-order valence-corrected chi connectivity index (χ3v) is 5.30. The molecule has 1 aromatic rings. The second-order valence-electron chi connectivity index (χ2n) is 6.94. The van der Waals surface area contributed by atoms with E-state index < -0.39 is 0 Å². The van der Waals surface area contributed by atoms with Crippen molar-refractivity contribution in [3.63, 3.8) is 0 Å². The van der Waals surface area contributed by atoms with E-state index in [1.54, 1.807) is 4.90 Å². The number of amides is 2. The van der Waals surface area contributed by atoms with E-state index in [0.29, 0.717) is 13.0 Å². The summed E-state index contributed by atoms with van der Waals surface area (Å²) in [5.41, 5.74) is 3.35. The first-order valence-electron chi connectivity index (χ1n) is 8.75. The molecule has 1 heterocycles. The normalized spacial score (nSPS) is 22.4. The second-order valence-corrected chi connectivity index (χ2v) is 6.94. The Kier molecular flexibility index (Phi) is 4.69. The summed E-state index contributed by atoms with van der Waals surface area (Å²) in [5, 5.41) is 2.99. The average Bonchev–Trinajstić information content (AvgIpc) is 2.92. The van der Waals surface area contributed by atoms with Gasteiger partial charge in [0.05, 0.1) is 0 Å². The Hall–Kier alpha value is -1.84. The number of anilines is 1. The number of nitrogens with one attached hydrogen (secondary N) is 1. The van der Waals surface area contributed by atoms with Gasteiger partial charge in [-0.25, -0.2) is 0 Å². The largest absolute Gasteiger partial charge is 0.344 e. The molecule has 2 aliphatic rings. The molecule has 1 N–H and O–H groups in total. The van der Waals surface area contributed by atoms with Gasteiger partial charge in [-0.15, -0.1) is 0 Å². The van der Waals surface area contributed by atoms with Crippen LogP contribution in [0.2, 0.25) is 0 Å². The molecule has 0 bridgehead atoms. The number of carbonyl (C=O) groups is 2. The van der Waals surface area contributed by atoms with Crippen LogP contribution in [0.5, 0.6) is 0 Å². The predicted octanol–water partition coefficient (Wildman–Crippen LogP) is 3.11. The fourth-order valence-electron chi connectivity index (χ4n) is 3.62. The van der Waals surface area contributed by atoms with Gasteiger partial charge in [0.15, 0.2) is 0 Å². The van der Waals surface area contributed by atoms with Crippen LogP contribution in [0.1, 0.15) is 49.7 Å². The molecule has 2 amide bonds. The Morgan fingerprint density at radius 1 is 1.09 bits per heavy atom. The van der Waals surface area contributed by atoms with Crippen molar-refractivity contribution < 1.29 is 9.59 Å². The lowest BCUT2D eigenvalue weighted by atomic mass is 9.88. The predicted molar refractivity (Wildman–Crippen MR) is 91.4 cm³/mol. The lowest BCUT2D eigenvalue weighted by Crippen LogP contribution is -2.44. The van der Waals surface area contributed by atoms with Crippen LogP contribution in [0.4, 0.5) is 5.69 Å². The third kappa shape index (κ3) is 3.41. The number of hydrogen-bond donors (Lipinski definition) is 1. The molecule has 3 rings (SSSR count). The Morgan fingerprint density at radius 2 is 1.83 bits per heavy atom. The molecular weight excluding hydrogens is 288 g/mol. The average molecular weight is 314 g/mol. The van der Waals surface area contributed by atoms with Crippen LogP contribution in [0, 0.1) is 19.8 Å². The van der Waals surface area contributed by atoms with E-state index in [2.05, 4.69) is 25.2 Å². The fourth-order valence-corrected chi connectivity index (χ4v) is 3.62. The van der Waals surface area contributed by atoms with Gasteiger partial charge in [0.2, 0.25) is 11.8 Å². The molecule has 23 heavy (non-hydrogen) atoms. The molecule has 1 unspecified atom stereocenters. The minimum Gasteiger partial charge on any atom is -0.344 e. The Balaban J connectivity index is 1.64. The molecule has 2 fully saturated rings. The number of nitrogens with zero attached hydrogens (tertiary/aromatic N) is 1. The monoisotopic (exact) mass is 314 g/mol. The van der Waals surface area contributed by atoms with E-state index in [4.69, 9.17) is 0 Å². The van der Waals surface area contributed by atoms with Gasteiger partial charge in [0.1, 0.15) is 6.04 Å². The number of carbonyl (C=O) groups excluding carboxylic acids is 2. The Labute approximate surface area is 138 Å². The number of benzene rings is 1. The molecule has 1 saturated heterocycles. The van der Waals surface area contributed by atoms with E-state index in [1.165, 1.54) is 17.5 Å². The molecule has 1 atom stereocenters. The number of hydrogen-bond acceptors (Lipinski definition) is 2. The summed E-state index contributed by atoms with van der Waals surface area (Å²) in [6.45, 7) is 4.80. The Bertz CT molecular complexity index is 605. The van der Waals surface area contributed by atoms with E-state index in [1.807, 2.05) is 12.1 Å². The molecule has 0 aromatic heterocycles. The first-order chi connectivity index (χ1) is 11.1. The van der Waals surface area contributed by atoms with E-state index >= 15 is 0 Å². The summed E-state index contributed by atoms with van der Waals surface area (Å²) < 4.78 is 0. The van der Waals surface area contributed by atoms with Crippen molar-refractivity contribution in [3.8, 4) is 0 Å². The van der Waals surface area contributed by atoms with Gasteiger partial charge in [0, 0.05) is 18.2 Å². The number of rotatable bonds is 3. The van der Waals surface area contributed by atoms with Crippen molar-refractivity contribution in [1.29, 1.82) is 0 Å². The van der Waals surface area contributed by atoms with Crippen LogP contribution < -0.4 is 10.2 Å². The van der Waals surface area contributed by atoms with Gasteiger partial charge in [-0.1, -0.05) is 25.3 Å². The maximum Gasteiger partial charge on any atom is 0.249 e. The van der Waals surface area contributed by atoms with E-state index in [-0.39, 0.29) is 23.8 Å². The fraction of sp³-hybridized carbons (Fsp3) is 0.579. The lowest BCUT2D eigenvalue weighted by Gasteiger charge is -2.23. The third-order valence-electron chi connectivity index (χ3n) is 5.30. The summed E-state index contributed by atoms with van der Waals surface area (Å²) in [5.74, 6) is 0.203. The lowest BCUT2D eigenvalue weighted by molar-refractivity contribution is -0.129. The van der Waals surface area contributed by atoms with Gasteiger partial charge >= 0.3 is 0 Å². The molecule has 0 spiro atoms. The zero-order chi connectivity index (χ0) is 16.4. The molecule has 1 aliphatic carbocycles. The molecule has 4 heteroatoms. The van der Waals surface area contributed by atoms with Crippen molar-refractivity contribution in [1.82, 2.24) is 5.32 Å². The molecular formula is C19H26N2O2. The van der Waals surface area contributed by atoms with Gasteiger partial charge in [-0.05, 0) is 56.4 Å². The van der Waals surface area contributed by atoms with Crippen LogP contribution in [-0.2, 0) is 9.59 Å². The van der Waals surface area contributed by atoms with Crippen molar-refractivity contribution in [2.45, 2.75) is 58.4 Å². The minimum absolute atomic E-state index is 0.0254. The molecule has 1 saturated carbocycles. The van der Waals surface area contributed by atoms with E-state index in [9.17, 15) is 9.59 Å². The zero-order valence-corrected chi connectivity index (χ0v) is 14.1. The summed E-state index contributed by atoms with van der Waals surface area (Å²) in [6, 6.07) is 5.74. The quantitative estimate of drug-likeness (QED) is 0.932. The highest BCUT2D eigenvalue weighted by molar-refractivity contribution is 6.01. The molecule has 124 valence electrons. The van der Waals surface area contributed by atoms with Gasteiger partial charge in [-0.2, -0.15) is 0 Å². The summed E-state index contributed by atoms with van der Waals surface area (Å²) in [7, 11) is 0. The summed E-state index contributed by atoms with van der Waals surface area (Å²) >= 11 is 0. The standard InChI is InChI=1S/C19H26N2O2/c1-13-8-9-16(12-14(13)2)21-11-10-17(19(21)23)20-18(22)15-6-4-3-5-7-15/h8-9,12,15,17H,3-7,10-11H2,1-2H3,(H,20,22). The highest BCUT2D eigenvalue weighted by Crippen LogP contribution is 2.26. The SMILES string of the molecule is Cc1ccc(N2CCC(NC(=O)C3CCCCC3)C2=O)cc1C. The van der Waals surface area contributed by atoms with Crippen molar-refractivity contribution >= 4 is 17.5 Å². The van der Waals surface area contributed by atoms with Crippen LogP contribution in [0.25, 0.3) is 0 Å². The van der Waals surface area contributed by atoms with Crippen LogP contribution >= 0.6 is 0 Å². The topological polar surface area (TPSA) is 49.4 Å². The smallest absolute Gasteiger partial charge is 0.249 e. The van der Waals surface area contributed by atoms with Gasteiger partial charge in [-0.3, -0.25) is 9.59 Å². The first-order valence-corrected chi connectivity index (χ1v) is 8.75. The first kappa shape index (κ1) is 16.0. The molecule has 1 aliphatic heterocycles. The highest BCUT2D eigenvalue weighted by Gasteiger charge is 2.35. The Morgan fingerprint density at radius 3 is 2.52 bits per heavy atom. The maximum atomic E-state index is 12.6. The summed E-state index contributed by atoms with van der Waals surface area (Å²) in [4.78, 5) is 26.8.